The molecule has 0 saturated heterocycles. The minimum absolute atomic E-state index is 0.131. The van der Waals surface area contributed by atoms with Crippen LogP contribution in [0.3, 0.4) is 0 Å². The average Bonchev–Trinajstić information content (AvgIpc) is 3.22. The van der Waals surface area contributed by atoms with Crippen molar-refractivity contribution in [1.82, 2.24) is 14.8 Å². The Morgan fingerprint density at radius 3 is 2.25 bits per heavy atom. The molecule has 1 N–H and O–H groups in total. The molecule has 0 amide bonds. The second kappa shape index (κ2) is 8.99. The number of thiophene rings is 1. The van der Waals surface area contributed by atoms with Gasteiger partial charge in [0, 0.05) is 35.9 Å². The molecular weight excluding hydrogens is 445 g/mol. The van der Waals surface area contributed by atoms with E-state index in [4.69, 9.17) is 15.2 Å². The lowest BCUT2D eigenvalue weighted by molar-refractivity contribution is -0.192. The molecule has 3 aromatic heterocycles. The summed E-state index contributed by atoms with van der Waals surface area (Å²) < 4.78 is 34.0. The zero-order valence-electron chi connectivity index (χ0n) is 16.3. The highest BCUT2D eigenvalue weighted by Crippen LogP contribution is 2.36. The maximum Gasteiger partial charge on any atom is 0.490 e. The van der Waals surface area contributed by atoms with Gasteiger partial charge in [0.05, 0.1) is 21.7 Å². The number of nitriles is 1. The number of alkyl halides is 3. The third-order valence-corrected chi connectivity index (χ3v) is 5.27. The number of rotatable bonds is 2. The standard InChI is InChI=1S/C19H12N4OS.C2HF3O2/c1-23-19(24)16-15(13-4-2-12(10-20)3-5-13)11-25-18(16)17(22-23)14-6-8-21-9-7-14;3-2(4,5)1(6)7/h2-9,11H,1H3;(H,6,7). The molecule has 4 aromatic rings. The van der Waals surface area contributed by atoms with Gasteiger partial charge >= 0.3 is 12.1 Å². The largest absolute Gasteiger partial charge is 0.490 e. The van der Waals surface area contributed by atoms with E-state index in [1.54, 1.807) is 31.6 Å². The van der Waals surface area contributed by atoms with E-state index in [1.165, 1.54) is 16.0 Å². The molecule has 162 valence electrons. The van der Waals surface area contributed by atoms with Crippen LogP contribution in [0.4, 0.5) is 13.2 Å². The van der Waals surface area contributed by atoms with Crippen LogP contribution in [0, 0.1) is 11.3 Å². The van der Waals surface area contributed by atoms with Crippen molar-refractivity contribution in [2.75, 3.05) is 0 Å². The van der Waals surface area contributed by atoms with Gasteiger partial charge < -0.3 is 5.11 Å². The van der Waals surface area contributed by atoms with Crippen molar-refractivity contribution in [1.29, 1.82) is 5.26 Å². The van der Waals surface area contributed by atoms with Crippen LogP contribution >= 0.6 is 11.3 Å². The Hall–Kier alpha value is -4.04. The lowest BCUT2D eigenvalue weighted by atomic mass is 10.0. The first kappa shape index (κ1) is 22.6. The molecule has 0 saturated carbocycles. The number of aryl methyl sites for hydroxylation is 1. The molecule has 0 aliphatic heterocycles. The second-order valence-corrected chi connectivity index (χ2v) is 7.24. The van der Waals surface area contributed by atoms with E-state index >= 15 is 0 Å². The zero-order valence-corrected chi connectivity index (χ0v) is 17.1. The minimum atomic E-state index is -5.08. The van der Waals surface area contributed by atoms with Gasteiger partial charge in [-0.05, 0) is 29.8 Å². The number of halogens is 3. The number of carboxylic acids is 1. The van der Waals surface area contributed by atoms with Gasteiger partial charge in [-0.25, -0.2) is 9.48 Å². The lowest BCUT2D eigenvalue weighted by Gasteiger charge is -2.06. The summed E-state index contributed by atoms with van der Waals surface area (Å²) in [4.78, 5) is 25.7. The molecule has 1 aromatic carbocycles. The fourth-order valence-corrected chi connectivity index (χ4v) is 3.86. The third-order valence-electron chi connectivity index (χ3n) is 4.29. The number of pyridine rings is 1. The van der Waals surface area contributed by atoms with Gasteiger partial charge in [-0.15, -0.1) is 11.3 Å². The van der Waals surface area contributed by atoms with Crippen LogP contribution in [-0.2, 0) is 11.8 Å². The third kappa shape index (κ3) is 4.65. The molecule has 4 rings (SSSR count). The zero-order chi connectivity index (χ0) is 23.5. The average molecular weight is 458 g/mol. The van der Waals surface area contributed by atoms with E-state index < -0.39 is 12.1 Å². The number of fused-ring (bicyclic) bond motifs is 1. The first-order valence-electron chi connectivity index (χ1n) is 8.83. The minimum Gasteiger partial charge on any atom is -0.475 e. The number of carbonyl (C=O) groups is 1. The van der Waals surface area contributed by atoms with Crippen molar-refractivity contribution in [3.63, 3.8) is 0 Å². The Morgan fingerprint density at radius 2 is 1.72 bits per heavy atom. The smallest absolute Gasteiger partial charge is 0.475 e. The predicted molar refractivity (Wildman–Crippen MR) is 112 cm³/mol. The molecule has 11 heteroatoms. The van der Waals surface area contributed by atoms with Gasteiger partial charge in [0.2, 0.25) is 0 Å². The fraction of sp³-hybridized carbons (Fsp3) is 0.0952. The van der Waals surface area contributed by atoms with Gasteiger partial charge in [0.15, 0.2) is 0 Å². The summed E-state index contributed by atoms with van der Waals surface area (Å²) in [5.41, 5.74) is 3.92. The van der Waals surface area contributed by atoms with E-state index in [1.807, 2.05) is 29.6 Å². The van der Waals surface area contributed by atoms with Crippen LogP contribution in [-0.4, -0.2) is 32.0 Å². The van der Waals surface area contributed by atoms with Gasteiger partial charge in [-0.1, -0.05) is 12.1 Å². The fourth-order valence-electron chi connectivity index (χ4n) is 2.78. The number of hydrogen-bond acceptors (Lipinski definition) is 6. The Morgan fingerprint density at radius 1 is 1.12 bits per heavy atom. The Balaban J connectivity index is 0.000000360. The molecule has 0 aliphatic carbocycles. The van der Waals surface area contributed by atoms with E-state index in [-0.39, 0.29) is 5.56 Å². The number of hydrogen-bond donors (Lipinski definition) is 1. The van der Waals surface area contributed by atoms with Gasteiger partial charge in [0.25, 0.3) is 5.56 Å². The van der Waals surface area contributed by atoms with Crippen LogP contribution in [0.1, 0.15) is 5.56 Å². The maximum absolute atomic E-state index is 12.7. The van der Waals surface area contributed by atoms with E-state index in [0.717, 1.165) is 27.1 Å². The van der Waals surface area contributed by atoms with Crippen LogP contribution in [0.2, 0.25) is 0 Å². The molecule has 0 bridgehead atoms. The maximum atomic E-state index is 12.7. The molecule has 7 nitrogen and oxygen atoms in total. The van der Waals surface area contributed by atoms with Crippen LogP contribution < -0.4 is 5.56 Å². The Bertz CT molecular complexity index is 1370. The van der Waals surface area contributed by atoms with Crippen molar-refractivity contribution in [2.24, 2.45) is 7.05 Å². The SMILES string of the molecule is Cn1nc(-c2ccncc2)c2scc(-c3ccc(C#N)cc3)c2c1=O.O=C(O)C(F)(F)F. The lowest BCUT2D eigenvalue weighted by Crippen LogP contribution is -2.21. The van der Waals surface area contributed by atoms with Crippen molar-refractivity contribution in [2.45, 2.75) is 6.18 Å². The summed E-state index contributed by atoms with van der Waals surface area (Å²) in [6.07, 6.45) is -1.66. The summed E-state index contributed by atoms with van der Waals surface area (Å²) in [5, 5.41) is 23.2. The summed E-state index contributed by atoms with van der Waals surface area (Å²) >= 11 is 1.50. The quantitative estimate of drug-likeness (QED) is 0.482. The molecule has 0 radical (unpaired) electrons. The predicted octanol–water partition coefficient (Wildman–Crippen LogP) is 4.23. The van der Waals surface area contributed by atoms with Crippen molar-refractivity contribution >= 4 is 27.4 Å². The van der Waals surface area contributed by atoms with Crippen LogP contribution in [0.25, 0.3) is 32.5 Å². The number of aliphatic carboxylic acids is 1. The summed E-state index contributed by atoms with van der Waals surface area (Å²) in [6.45, 7) is 0. The number of carboxylic acid groups (broad SMARTS) is 1. The highest BCUT2D eigenvalue weighted by atomic mass is 32.1. The van der Waals surface area contributed by atoms with Gasteiger partial charge in [-0.3, -0.25) is 9.78 Å². The number of aromatic nitrogens is 3. The van der Waals surface area contributed by atoms with Crippen LogP contribution in [0.15, 0.2) is 59.0 Å². The highest BCUT2D eigenvalue weighted by molar-refractivity contribution is 7.18. The Kier molecular flexibility index (Phi) is 6.36. The van der Waals surface area contributed by atoms with Crippen molar-refractivity contribution in [3.8, 4) is 28.5 Å². The van der Waals surface area contributed by atoms with E-state index in [2.05, 4.69) is 16.2 Å². The summed E-state index contributed by atoms with van der Waals surface area (Å²) in [5.74, 6) is -2.76. The van der Waals surface area contributed by atoms with Crippen LogP contribution in [0.5, 0.6) is 0 Å². The second-order valence-electron chi connectivity index (χ2n) is 6.36. The topological polar surface area (TPSA) is 109 Å². The molecule has 0 atom stereocenters. The van der Waals surface area contributed by atoms with E-state index in [9.17, 15) is 18.0 Å². The Labute approximate surface area is 182 Å². The van der Waals surface area contributed by atoms with Crippen molar-refractivity contribution < 1.29 is 23.1 Å². The summed E-state index contributed by atoms with van der Waals surface area (Å²) in [7, 11) is 1.66. The molecule has 3 heterocycles. The first-order chi connectivity index (χ1) is 15.1. The van der Waals surface area contributed by atoms with Gasteiger partial charge in [0.1, 0.15) is 5.69 Å². The molecule has 0 aliphatic rings. The number of nitrogens with zero attached hydrogens (tertiary/aromatic N) is 4. The monoisotopic (exact) mass is 458 g/mol. The molecule has 0 unspecified atom stereocenters. The molecular formula is C21H13F3N4O3S. The highest BCUT2D eigenvalue weighted by Gasteiger charge is 2.38. The first-order valence-corrected chi connectivity index (χ1v) is 9.71. The number of benzene rings is 1. The molecule has 0 fully saturated rings. The van der Waals surface area contributed by atoms with Gasteiger partial charge in [-0.2, -0.15) is 23.5 Å². The normalized spacial score (nSPS) is 10.8. The van der Waals surface area contributed by atoms with Crippen molar-refractivity contribution in [3.05, 3.63) is 70.1 Å². The van der Waals surface area contributed by atoms with E-state index in [0.29, 0.717) is 10.9 Å². The molecule has 0 spiro atoms. The molecule has 32 heavy (non-hydrogen) atoms. The summed E-state index contributed by atoms with van der Waals surface area (Å²) in [6, 6.07) is 13.1.